The van der Waals surface area contributed by atoms with Crippen LogP contribution in [0.2, 0.25) is 0 Å². The highest BCUT2D eigenvalue weighted by atomic mass is 32.1. The van der Waals surface area contributed by atoms with Crippen LogP contribution in [0.1, 0.15) is 21.4 Å². The van der Waals surface area contributed by atoms with Gasteiger partial charge in [-0.3, -0.25) is 0 Å². The first kappa shape index (κ1) is 18.2. The predicted molar refractivity (Wildman–Crippen MR) is 98.5 cm³/mol. The molecule has 0 aliphatic rings. The van der Waals surface area contributed by atoms with Crippen LogP contribution in [0.15, 0.2) is 41.1 Å². The molecule has 2 aromatic heterocycles. The quantitative estimate of drug-likeness (QED) is 0.442. The number of aryl methyl sites for hydroxylation is 1. The van der Waals surface area contributed by atoms with Crippen molar-refractivity contribution in [2.45, 2.75) is 20.1 Å². The number of rotatable bonds is 7. The van der Waals surface area contributed by atoms with Crippen molar-refractivity contribution in [2.75, 3.05) is 0 Å². The molecule has 134 valence electrons. The van der Waals surface area contributed by atoms with E-state index in [9.17, 15) is 9.18 Å². The molecule has 0 N–H and O–H groups in total. The Morgan fingerprint density at radius 3 is 2.69 bits per heavy atom. The van der Waals surface area contributed by atoms with Gasteiger partial charge in [0.05, 0.1) is 16.4 Å². The fraction of sp³-hybridized carbons (Fsp3) is 0.167. The van der Waals surface area contributed by atoms with E-state index in [1.807, 2.05) is 17.7 Å². The second-order valence-electron chi connectivity index (χ2n) is 5.21. The monoisotopic (exact) mass is 390 g/mol. The van der Waals surface area contributed by atoms with Crippen LogP contribution in [-0.4, -0.2) is 15.9 Å². The highest BCUT2D eigenvalue weighted by molar-refractivity contribution is 7.09. The molecule has 1 aromatic carbocycles. The van der Waals surface area contributed by atoms with E-state index in [-0.39, 0.29) is 19.0 Å². The number of ether oxygens (including phenoxy) is 2. The maximum atomic E-state index is 12.8. The number of halogens is 1. The van der Waals surface area contributed by atoms with Crippen LogP contribution in [0.3, 0.4) is 0 Å². The van der Waals surface area contributed by atoms with Gasteiger partial charge in [0.2, 0.25) is 0 Å². The Kier molecular flexibility index (Phi) is 6.08. The Morgan fingerprint density at radius 2 is 1.96 bits per heavy atom. The lowest BCUT2D eigenvalue weighted by Gasteiger charge is -2.03. The van der Waals surface area contributed by atoms with Crippen LogP contribution in [0.5, 0.6) is 5.75 Å². The standard InChI is InChI=1S/C18H15FN2O3S2/c1-12-20-14(10-25-12)4-7-18(22)24-8-15-11-26-17(21-15)9-23-16-5-2-13(19)3-6-16/h2-7,10-11H,8-9H2,1H3. The van der Waals surface area contributed by atoms with Gasteiger partial charge in [0, 0.05) is 16.8 Å². The highest BCUT2D eigenvalue weighted by Crippen LogP contribution is 2.16. The molecule has 3 rings (SSSR count). The molecule has 0 amide bonds. The lowest BCUT2D eigenvalue weighted by Crippen LogP contribution is -2.01. The normalized spacial score (nSPS) is 11.0. The smallest absolute Gasteiger partial charge is 0.331 e. The molecule has 2 heterocycles. The summed E-state index contributed by atoms with van der Waals surface area (Å²) in [5, 5.41) is 5.36. The van der Waals surface area contributed by atoms with Crippen molar-refractivity contribution in [2.24, 2.45) is 0 Å². The topological polar surface area (TPSA) is 61.3 Å². The Labute approximate surface area is 157 Å². The number of benzene rings is 1. The van der Waals surface area contributed by atoms with Crippen LogP contribution in [0, 0.1) is 12.7 Å². The van der Waals surface area contributed by atoms with Gasteiger partial charge in [0.1, 0.15) is 29.8 Å². The average molecular weight is 390 g/mol. The molecular formula is C18H15FN2O3S2. The Bertz CT molecular complexity index is 903. The summed E-state index contributed by atoms with van der Waals surface area (Å²) in [4.78, 5) is 20.3. The molecule has 0 saturated heterocycles. The Hall–Kier alpha value is -2.58. The third-order valence-corrected chi connectivity index (χ3v) is 4.83. The Balaban J connectivity index is 1.45. The average Bonchev–Trinajstić information content (AvgIpc) is 3.26. The molecule has 0 fully saturated rings. The number of carbonyl (C=O) groups excluding carboxylic acids is 1. The van der Waals surface area contributed by atoms with Gasteiger partial charge in [-0.1, -0.05) is 0 Å². The Morgan fingerprint density at radius 1 is 1.15 bits per heavy atom. The minimum Gasteiger partial charge on any atom is -0.486 e. The molecule has 0 unspecified atom stereocenters. The van der Waals surface area contributed by atoms with E-state index in [1.165, 1.54) is 40.9 Å². The second kappa shape index (κ2) is 8.68. The first-order chi connectivity index (χ1) is 12.6. The lowest BCUT2D eigenvalue weighted by atomic mass is 10.3. The minimum atomic E-state index is -0.451. The molecule has 0 aliphatic carbocycles. The van der Waals surface area contributed by atoms with Crippen LogP contribution < -0.4 is 4.74 Å². The SMILES string of the molecule is Cc1nc(C=CC(=O)OCc2csc(COc3ccc(F)cc3)n2)cs1. The van der Waals surface area contributed by atoms with E-state index in [2.05, 4.69) is 9.97 Å². The van der Waals surface area contributed by atoms with E-state index in [0.717, 1.165) is 15.7 Å². The number of thiazole rings is 2. The maximum absolute atomic E-state index is 12.8. The number of hydrogen-bond acceptors (Lipinski definition) is 7. The number of hydrogen-bond donors (Lipinski definition) is 0. The zero-order chi connectivity index (χ0) is 18.4. The molecule has 8 heteroatoms. The van der Waals surface area contributed by atoms with E-state index in [1.54, 1.807) is 18.2 Å². The molecule has 0 radical (unpaired) electrons. The summed E-state index contributed by atoms with van der Waals surface area (Å²) in [6, 6.07) is 5.79. The number of aromatic nitrogens is 2. The molecular weight excluding hydrogens is 375 g/mol. The zero-order valence-electron chi connectivity index (χ0n) is 13.8. The first-order valence-corrected chi connectivity index (χ1v) is 9.43. The summed E-state index contributed by atoms with van der Waals surface area (Å²) in [5.74, 6) is -0.195. The van der Waals surface area contributed by atoms with Crippen molar-refractivity contribution in [1.29, 1.82) is 0 Å². The largest absolute Gasteiger partial charge is 0.486 e. The molecule has 0 bridgehead atoms. The molecule has 0 atom stereocenters. The van der Waals surface area contributed by atoms with Crippen molar-refractivity contribution >= 4 is 34.7 Å². The second-order valence-corrected chi connectivity index (χ2v) is 7.21. The van der Waals surface area contributed by atoms with Crippen molar-refractivity contribution in [3.63, 3.8) is 0 Å². The van der Waals surface area contributed by atoms with Crippen LogP contribution >= 0.6 is 22.7 Å². The van der Waals surface area contributed by atoms with Crippen molar-refractivity contribution in [1.82, 2.24) is 9.97 Å². The molecule has 5 nitrogen and oxygen atoms in total. The van der Waals surface area contributed by atoms with E-state index in [4.69, 9.17) is 9.47 Å². The lowest BCUT2D eigenvalue weighted by molar-refractivity contribution is -0.139. The van der Waals surface area contributed by atoms with Gasteiger partial charge < -0.3 is 9.47 Å². The van der Waals surface area contributed by atoms with Crippen LogP contribution in [0.4, 0.5) is 4.39 Å². The summed E-state index contributed by atoms with van der Waals surface area (Å²) in [7, 11) is 0. The van der Waals surface area contributed by atoms with Crippen molar-refractivity contribution in [3.8, 4) is 5.75 Å². The van der Waals surface area contributed by atoms with Gasteiger partial charge in [-0.15, -0.1) is 22.7 Å². The van der Waals surface area contributed by atoms with Crippen LogP contribution in [0.25, 0.3) is 6.08 Å². The predicted octanol–water partition coefficient (Wildman–Crippen LogP) is 4.38. The van der Waals surface area contributed by atoms with E-state index >= 15 is 0 Å². The summed E-state index contributed by atoms with van der Waals surface area (Å²) >= 11 is 2.93. The van der Waals surface area contributed by atoms with Crippen molar-refractivity contribution < 1.29 is 18.7 Å². The van der Waals surface area contributed by atoms with E-state index < -0.39 is 5.97 Å². The number of nitrogens with zero attached hydrogens (tertiary/aromatic N) is 2. The van der Waals surface area contributed by atoms with Gasteiger partial charge in [-0.05, 0) is 37.3 Å². The fourth-order valence-electron chi connectivity index (χ4n) is 1.96. The highest BCUT2D eigenvalue weighted by Gasteiger charge is 2.06. The molecule has 26 heavy (non-hydrogen) atoms. The van der Waals surface area contributed by atoms with Gasteiger partial charge >= 0.3 is 5.97 Å². The maximum Gasteiger partial charge on any atom is 0.331 e. The van der Waals surface area contributed by atoms with E-state index in [0.29, 0.717) is 11.4 Å². The van der Waals surface area contributed by atoms with Gasteiger partial charge in [0.25, 0.3) is 0 Å². The van der Waals surface area contributed by atoms with Gasteiger partial charge in [-0.25, -0.2) is 19.2 Å². The van der Waals surface area contributed by atoms with Crippen molar-refractivity contribution in [3.05, 3.63) is 68.3 Å². The third-order valence-electron chi connectivity index (χ3n) is 3.16. The summed E-state index contributed by atoms with van der Waals surface area (Å²) in [6.07, 6.45) is 2.97. The molecule has 0 aliphatic heterocycles. The summed E-state index contributed by atoms with van der Waals surface area (Å²) in [6.45, 7) is 2.26. The first-order valence-electron chi connectivity index (χ1n) is 7.67. The third kappa shape index (κ3) is 5.47. The molecule has 0 spiro atoms. The number of carbonyl (C=O) groups is 1. The summed E-state index contributed by atoms with van der Waals surface area (Å²) in [5.41, 5.74) is 1.39. The minimum absolute atomic E-state index is 0.0896. The zero-order valence-corrected chi connectivity index (χ0v) is 15.5. The van der Waals surface area contributed by atoms with Gasteiger partial charge in [-0.2, -0.15) is 0 Å². The molecule has 0 saturated carbocycles. The number of esters is 1. The van der Waals surface area contributed by atoms with Gasteiger partial charge in [0.15, 0.2) is 0 Å². The van der Waals surface area contributed by atoms with Crippen LogP contribution in [-0.2, 0) is 22.7 Å². The molecule has 3 aromatic rings. The summed E-state index contributed by atoms with van der Waals surface area (Å²) < 4.78 is 23.5. The fourth-order valence-corrected chi connectivity index (χ4v) is 3.23.